The number of aromatic nitrogens is 2. The number of piperidine rings is 1. The molecule has 0 saturated carbocycles. The van der Waals surface area contributed by atoms with Gasteiger partial charge in [-0.3, -0.25) is 9.48 Å². The number of nitrogens with one attached hydrogen (secondary N) is 1. The van der Waals surface area contributed by atoms with Gasteiger partial charge in [0, 0.05) is 25.6 Å². The smallest absolute Gasteiger partial charge is 0.246 e. The van der Waals surface area contributed by atoms with Gasteiger partial charge in [-0.25, -0.2) is 8.42 Å². The van der Waals surface area contributed by atoms with E-state index in [4.69, 9.17) is 0 Å². The van der Waals surface area contributed by atoms with Crippen LogP contribution in [-0.2, 0) is 26.9 Å². The third kappa shape index (κ3) is 4.59. The zero-order valence-corrected chi connectivity index (χ0v) is 19.3. The number of carbonyl (C=O) groups excluding carboxylic acids is 1. The molecule has 1 aliphatic heterocycles. The summed E-state index contributed by atoms with van der Waals surface area (Å²) in [6, 6.07) is 9.76. The molecule has 0 atom stereocenters. The second-order valence-corrected chi connectivity index (χ2v) is 10.8. The molecule has 2 aromatic rings. The van der Waals surface area contributed by atoms with Crippen molar-refractivity contribution in [3.05, 3.63) is 47.3 Å². The van der Waals surface area contributed by atoms with Gasteiger partial charge in [-0.2, -0.15) is 9.40 Å². The molecule has 1 N–H and O–H groups in total. The van der Waals surface area contributed by atoms with Gasteiger partial charge < -0.3 is 5.32 Å². The highest BCUT2D eigenvalue weighted by Gasteiger charge is 2.36. The van der Waals surface area contributed by atoms with Crippen LogP contribution in [-0.4, -0.2) is 41.5 Å². The minimum absolute atomic E-state index is 0.0104. The summed E-state index contributed by atoms with van der Waals surface area (Å²) in [5, 5.41) is 7.46. The lowest BCUT2D eigenvalue weighted by molar-refractivity contribution is -0.126. The number of sulfonamides is 1. The number of hydrogen-bond acceptors (Lipinski definition) is 4. The Labute approximate surface area is 179 Å². The van der Waals surface area contributed by atoms with Gasteiger partial charge in [-0.05, 0) is 53.0 Å². The Morgan fingerprint density at radius 3 is 2.27 bits per heavy atom. The van der Waals surface area contributed by atoms with Crippen LogP contribution in [0.5, 0.6) is 0 Å². The van der Waals surface area contributed by atoms with Crippen LogP contribution in [0.1, 0.15) is 50.6 Å². The topological polar surface area (TPSA) is 84.3 Å². The summed E-state index contributed by atoms with van der Waals surface area (Å²) in [4.78, 5) is 12.8. The number of rotatable bonds is 5. The summed E-state index contributed by atoms with van der Waals surface area (Å²) in [5.74, 6) is -0.177. The number of benzene rings is 1. The van der Waals surface area contributed by atoms with Gasteiger partial charge in [-0.1, -0.05) is 30.3 Å². The van der Waals surface area contributed by atoms with Crippen LogP contribution in [0.15, 0.2) is 35.2 Å². The lowest BCUT2D eigenvalue weighted by Crippen LogP contribution is -2.43. The molecule has 7 nitrogen and oxygen atoms in total. The van der Waals surface area contributed by atoms with Crippen molar-refractivity contribution < 1.29 is 13.2 Å². The Bertz CT molecular complexity index is 999. The molecular weight excluding hydrogens is 400 g/mol. The molecule has 1 aromatic carbocycles. The maximum atomic E-state index is 13.3. The van der Waals surface area contributed by atoms with Gasteiger partial charge in [-0.15, -0.1) is 0 Å². The fourth-order valence-electron chi connectivity index (χ4n) is 4.07. The van der Waals surface area contributed by atoms with Gasteiger partial charge in [0.05, 0.1) is 16.9 Å². The van der Waals surface area contributed by atoms with Gasteiger partial charge in [0.25, 0.3) is 0 Å². The van der Waals surface area contributed by atoms with Crippen LogP contribution in [0.2, 0.25) is 0 Å². The molecule has 0 aliphatic carbocycles. The summed E-state index contributed by atoms with van der Waals surface area (Å²) in [6.45, 7) is 10.7. The van der Waals surface area contributed by atoms with Crippen LogP contribution >= 0.6 is 0 Å². The fraction of sp³-hybridized carbons (Fsp3) is 0.545. The van der Waals surface area contributed by atoms with E-state index in [9.17, 15) is 13.2 Å². The first-order valence-corrected chi connectivity index (χ1v) is 11.8. The quantitative estimate of drug-likeness (QED) is 0.787. The molecule has 1 fully saturated rings. The largest absolute Gasteiger partial charge is 0.352 e. The number of hydrogen-bond donors (Lipinski definition) is 1. The monoisotopic (exact) mass is 432 g/mol. The highest BCUT2D eigenvalue weighted by atomic mass is 32.2. The van der Waals surface area contributed by atoms with Gasteiger partial charge in [0.2, 0.25) is 15.9 Å². The number of aryl methyl sites for hydroxylation is 1. The molecule has 0 spiro atoms. The molecule has 8 heteroatoms. The van der Waals surface area contributed by atoms with Crippen molar-refractivity contribution in [2.24, 2.45) is 5.92 Å². The first-order chi connectivity index (χ1) is 14.0. The minimum atomic E-state index is -3.65. The maximum Gasteiger partial charge on any atom is 0.246 e. The van der Waals surface area contributed by atoms with Gasteiger partial charge in [0.1, 0.15) is 4.90 Å². The molecule has 1 amide bonds. The first-order valence-electron chi connectivity index (χ1n) is 10.4. The van der Waals surface area contributed by atoms with Crippen LogP contribution < -0.4 is 5.32 Å². The Morgan fingerprint density at radius 1 is 1.13 bits per heavy atom. The molecule has 0 unspecified atom stereocenters. The Balaban J connectivity index is 1.66. The summed E-state index contributed by atoms with van der Waals surface area (Å²) in [5.41, 5.74) is 1.92. The van der Waals surface area contributed by atoms with E-state index in [1.54, 1.807) is 11.6 Å². The standard InChI is InChI=1S/C22H32N4O3S/c1-16-20(17(2)26(24-16)22(3,4)5)30(28,29)25-13-11-19(12-14-25)21(27)23-15-18-9-7-6-8-10-18/h6-10,19H,11-15H2,1-5H3,(H,23,27). The van der Waals surface area contributed by atoms with E-state index in [0.717, 1.165) is 5.56 Å². The van der Waals surface area contributed by atoms with Gasteiger partial charge in [0.15, 0.2) is 0 Å². The van der Waals surface area contributed by atoms with Crippen LogP contribution in [0.3, 0.4) is 0 Å². The maximum absolute atomic E-state index is 13.3. The Hall–Kier alpha value is -2.19. The van der Waals surface area contributed by atoms with Crippen molar-refractivity contribution in [3.63, 3.8) is 0 Å². The van der Waals surface area contributed by atoms with Crippen molar-refractivity contribution in [1.82, 2.24) is 19.4 Å². The average molecular weight is 433 g/mol. The highest BCUT2D eigenvalue weighted by Crippen LogP contribution is 2.30. The van der Waals surface area contributed by atoms with E-state index < -0.39 is 10.0 Å². The molecule has 2 heterocycles. The van der Waals surface area contributed by atoms with Crippen LogP contribution in [0.4, 0.5) is 0 Å². The third-order valence-electron chi connectivity index (χ3n) is 5.59. The second kappa shape index (κ2) is 8.51. The number of nitrogens with zero attached hydrogens (tertiary/aromatic N) is 3. The lowest BCUT2D eigenvalue weighted by Gasteiger charge is -2.30. The van der Waals surface area contributed by atoms with E-state index in [2.05, 4.69) is 10.4 Å². The summed E-state index contributed by atoms with van der Waals surface area (Å²) < 4.78 is 29.9. The zero-order chi connectivity index (χ0) is 22.1. The van der Waals surface area contributed by atoms with Gasteiger partial charge >= 0.3 is 0 Å². The molecule has 30 heavy (non-hydrogen) atoms. The average Bonchev–Trinajstić information content (AvgIpc) is 3.02. The molecule has 1 aliphatic rings. The summed E-state index contributed by atoms with van der Waals surface area (Å²) in [6.07, 6.45) is 1.04. The van der Waals surface area contributed by atoms with E-state index in [1.165, 1.54) is 4.31 Å². The van der Waals surface area contributed by atoms with Crippen molar-refractivity contribution in [2.75, 3.05) is 13.1 Å². The summed E-state index contributed by atoms with van der Waals surface area (Å²) in [7, 11) is -3.65. The highest BCUT2D eigenvalue weighted by molar-refractivity contribution is 7.89. The molecule has 0 radical (unpaired) electrons. The number of carbonyl (C=O) groups is 1. The fourth-order valence-corrected chi connectivity index (χ4v) is 5.90. The lowest BCUT2D eigenvalue weighted by atomic mass is 9.97. The van der Waals surface area contributed by atoms with Crippen molar-refractivity contribution in [2.45, 2.75) is 64.4 Å². The van der Waals surface area contributed by atoms with Crippen LogP contribution in [0.25, 0.3) is 0 Å². The Morgan fingerprint density at radius 2 is 1.73 bits per heavy atom. The predicted molar refractivity (Wildman–Crippen MR) is 116 cm³/mol. The van der Waals surface area contributed by atoms with Crippen molar-refractivity contribution in [3.8, 4) is 0 Å². The van der Waals surface area contributed by atoms with E-state index in [0.29, 0.717) is 48.8 Å². The molecule has 1 aromatic heterocycles. The third-order valence-corrected chi connectivity index (χ3v) is 7.74. The van der Waals surface area contributed by atoms with E-state index in [1.807, 2.05) is 58.0 Å². The van der Waals surface area contributed by atoms with Crippen molar-refractivity contribution in [1.29, 1.82) is 0 Å². The molecule has 1 saturated heterocycles. The zero-order valence-electron chi connectivity index (χ0n) is 18.5. The predicted octanol–water partition coefficient (Wildman–Crippen LogP) is 2.97. The van der Waals surface area contributed by atoms with E-state index >= 15 is 0 Å². The molecule has 3 rings (SSSR count). The minimum Gasteiger partial charge on any atom is -0.352 e. The SMILES string of the molecule is Cc1nn(C(C)(C)C)c(C)c1S(=O)(=O)N1CCC(C(=O)NCc2ccccc2)CC1. The van der Waals surface area contributed by atoms with Crippen LogP contribution in [0, 0.1) is 19.8 Å². The first kappa shape index (κ1) is 22.5. The normalized spacial score (nSPS) is 16.6. The van der Waals surface area contributed by atoms with Crippen molar-refractivity contribution >= 4 is 15.9 Å². The molecule has 164 valence electrons. The Kier molecular flexibility index (Phi) is 6.38. The van der Waals surface area contributed by atoms with E-state index in [-0.39, 0.29) is 17.4 Å². The number of amides is 1. The molecule has 0 bridgehead atoms. The second-order valence-electron chi connectivity index (χ2n) is 8.96. The molecular formula is C22H32N4O3S. The summed E-state index contributed by atoms with van der Waals surface area (Å²) >= 11 is 0.